The van der Waals surface area contributed by atoms with Crippen molar-refractivity contribution in [3.63, 3.8) is 0 Å². The average Bonchev–Trinajstić information content (AvgIpc) is 3.19. The maximum Gasteiger partial charge on any atom is 0.227 e. The fourth-order valence-corrected chi connectivity index (χ4v) is 4.10. The van der Waals surface area contributed by atoms with Gasteiger partial charge in [0.15, 0.2) is 5.11 Å². The van der Waals surface area contributed by atoms with Crippen molar-refractivity contribution in [2.24, 2.45) is 0 Å². The van der Waals surface area contributed by atoms with Crippen molar-refractivity contribution in [3.8, 4) is 0 Å². The van der Waals surface area contributed by atoms with Crippen molar-refractivity contribution in [2.75, 3.05) is 16.8 Å². The number of rotatable bonds is 5. The Morgan fingerprint density at radius 2 is 1.77 bits per heavy atom. The summed E-state index contributed by atoms with van der Waals surface area (Å²) in [6.07, 6.45) is 1.53. The minimum absolute atomic E-state index is 0.0595. The summed E-state index contributed by atoms with van der Waals surface area (Å²) in [5, 5.41) is 7.31. The number of anilines is 2. The molecule has 0 radical (unpaired) electrons. The van der Waals surface area contributed by atoms with E-state index in [0.717, 1.165) is 29.9 Å². The second-order valence-corrected chi connectivity index (χ2v) is 7.91. The van der Waals surface area contributed by atoms with Gasteiger partial charge in [-0.05, 0) is 60.5 Å². The van der Waals surface area contributed by atoms with E-state index in [4.69, 9.17) is 12.2 Å². The fraction of sp³-hybridized carbons (Fsp3) is 0.200. The van der Waals surface area contributed by atoms with Gasteiger partial charge in [-0.15, -0.1) is 0 Å². The van der Waals surface area contributed by atoms with Gasteiger partial charge < -0.3 is 15.5 Å². The molecule has 5 heteroatoms. The molecule has 1 aliphatic rings. The maximum absolute atomic E-state index is 12.1. The Balaban J connectivity index is 1.54. The van der Waals surface area contributed by atoms with Gasteiger partial charge in [-0.3, -0.25) is 4.79 Å². The Labute approximate surface area is 182 Å². The van der Waals surface area contributed by atoms with Crippen molar-refractivity contribution in [1.82, 2.24) is 5.32 Å². The zero-order chi connectivity index (χ0) is 20.9. The van der Waals surface area contributed by atoms with Gasteiger partial charge in [0.25, 0.3) is 0 Å². The summed E-state index contributed by atoms with van der Waals surface area (Å²) >= 11 is 5.65. The topological polar surface area (TPSA) is 44.4 Å². The summed E-state index contributed by atoms with van der Waals surface area (Å²) in [6, 6.07) is 26.4. The van der Waals surface area contributed by atoms with Gasteiger partial charge >= 0.3 is 0 Å². The van der Waals surface area contributed by atoms with Crippen LogP contribution < -0.4 is 15.5 Å². The smallest absolute Gasteiger partial charge is 0.227 e. The highest BCUT2D eigenvalue weighted by molar-refractivity contribution is 7.80. The highest BCUT2D eigenvalue weighted by Gasteiger charge is 2.22. The number of thiocarbonyl (C=S) groups is 1. The lowest BCUT2D eigenvalue weighted by Gasteiger charge is -2.24. The first kappa shape index (κ1) is 20.1. The third-order valence-electron chi connectivity index (χ3n) is 5.40. The summed E-state index contributed by atoms with van der Waals surface area (Å²) in [5.41, 5.74) is 5.30. The number of nitrogens with one attached hydrogen (secondary N) is 2. The Morgan fingerprint density at radius 1 is 1.00 bits per heavy atom. The number of aryl methyl sites for hydroxylation is 1. The van der Waals surface area contributed by atoms with Crippen LogP contribution in [0.3, 0.4) is 0 Å². The first-order chi connectivity index (χ1) is 14.6. The minimum Gasteiger partial charge on any atom is -0.352 e. The summed E-state index contributed by atoms with van der Waals surface area (Å²) in [7, 11) is 0. The average molecular weight is 416 g/mol. The molecule has 152 valence electrons. The SMILES string of the molecule is Cc1ccccc1C(NC(=S)Nc1cccc(N2CCCC2=O)c1)c1ccccc1. The van der Waals surface area contributed by atoms with Crippen LogP contribution in [0.25, 0.3) is 0 Å². The van der Waals surface area contributed by atoms with Crippen molar-refractivity contribution < 1.29 is 4.79 Å². The van der Waals surface area contributed by atoms with Gasteiger partial charge in [0.1, 0.15) is 0 Å². The van der Waals surface area contributed by atoms with E-state index in [2.05, 4.69) is 41.8 Å². The Hall–Kier alpha value is -3.18. The number of benzene rings is 3. The molecule has 2 N–H and O–H groups in total. The molecule has 4 rings (SSSR count). The second-order valence-electron chi connectivity index (χ2n) is 7.50. The summed E-state index contributed by atoms with van der Waals surface area (Å²) in [4.78, 5) is 13.9. The molecule has 0 aliphatic carbocycles. The normalized spacial score (nSPS) is 14.4. The predicted octanol–water partition coefficient (Wildman–Crippen LogP) is 5.20. The number of carbonyl (C=O) groups is 1. The third-order valence-corrected chi connectivity index (χ3v) is 5.62. The van der Waals surface area contributed by atoms with Crippen LogP contribution in [0.4, 0.5) is 11.4 Å². The van der Waals surface area contributed by atoms with E-state index < -0.39 is 0 Å². The maximum atomic E-state index is 12.1. The molecule has 1 saturated heterocycles. The molecule has 4 nitrogen and oxygen atoms in total. The zero-order valence-electron chi connectivity index (χ0n) is 17.0. The molecule has 1 aliphatic heterocycles. The Bertz CT molecular complexity index is 1050. The van der Waals surface area contributed by atoms with E-state index in [1.54, 1.807) is 0 Å². The molecule has 1 amide bonds. The molecular formula is C25H25N3OS. The summed E-state index contributed by atoms with van der Waals surface area (Å²) < 4.78 is 0. The predicted molar refractivity (Wildman–Crippen MR) is 127 cm³/mol. The molecule has 30 heavy (non-hydrogen) atoms. The second kappa shape index (κ2) is 9.09. The number of hydrogen-bond donors (Lipinski definition) is 2. The Kier molecular flexibility index (Phi) is 6.10. The first-order valence-electron chi connectivity index (χ1n) is 10.2. The van der Waals surface area contributed by atoms with Gasteiger partial charge in [-0.25, -0.2) is 0 Å². The highest BCUT2D eigenvalue weighted by Crippen LogP contribution is 2.26. The summed E-state index contributed by atoms with van der Waals surface area (Å²) in [6.45, 7) is 2.88. The lowest BCUT2D eigenvalue weighted by molar-refractivity contribution is -0.117. The van der Waals surface area contributed by atoms with Crippen LogP contribution in [0.1, 0.15) is 35.6 Å². The lowest BCUT2D eigenvalue weighted by atomic mass is 9.95. The molecule has 3 aromatic rings. The van der Waals surface area contributed by atoms with Crippen molar-refractivity contribution in [3.05, 3.63) is 95.6 Å². The van der Waals surface area contributed by atoms with Crippen LogP contribution >= 0.6 is 12.2 Å². The largest absolute Gasteiger partial charge is 0.352 e. The van der Waals surface area contributed by atoms with E-state index in [-0.39, 0.29) is 11.9 Å². The van der Waals surface area contributed by atoms with E-state index in [1.165, 1.54) is 11.1 Å². The van der Waals surface area contributed by atoms with Crippen LogP contribution in [0.2, 0.25) is 0 Å². The van der Waals surface area contributed by atoms with Crippen molar-refractivity contribution in [2.45, 2.75) is 25.8 Å². The molecule has 0 saturated carbocycles. The fourth-order valence-electron chi connectivity index (χ4n) is 3.87. The van der Waals surface area contributed by atoms with Gasteiger partial charge in [-0.2, -0.15) is 0 Å². The standard InChI is InChI=1S/C25H25N3OS/c1-18-9-5-6-14-22(18)24(19-10-3-2-4-11-19)27-25(30)26-20-12-7-13-21(17-20)28-16-8-15-23(28)29/h2-7,9-14,17,24H,8,15-16H2,1H3,(H2,26,27,30). The quantitative estimate of drug-likeness (QED) is 0.563. The molecule has 1 heterocycles. The van der Waals surface area contributed by atoms with Crippen LogP contribution in [0.15, 0.2) is 78.9 Å². The molecule has 3 aromatic carbocycles. The Morgan fingerprint density at radius 3 is 2.50 bits per heavy atom. The van der Waals surface area contributed by atoms with Gasteiger partial charge in [0, 0.05) is 24.3 Å². The van der Waals surface area contributed by atoms with Gasteiger partial charge in [0.05, 0.1) is 6.04 Å². The zero-order valence-corrected chi connectivity index (χ0v) is 17.8. The van der Waals surface area contributed by atoms with Crippen LogP contribution in [-0.4, -0.2) is 17.6 Å². The highest BCUT2D eigenvalue weighted by atomic mass is 32.1. The molecule has 0 bridgehead atoms. The first-order valence-corrected chi connectivity index (χ1v) is 10.6. The lowest BCUT2D eigenvalue weighted by Crippen LogP contribution is -2.33. The van der Waals surface area contributed by atoms with Crippen LogP contribution in [0.5, 0.6) is 0 Å². The van der Waals surface area contributed by atoms with Gasteiger partial charge in [-0.1, -0.05) is 60.7 Å². The van der Waals surface area contributed by atoms with Crippen molar-refractivity contribution in [1.29, 1.82) is 0 Å². The molecule has 1 unspecified atom stereocenters. The monoisotopic (exact) mass is 415 g/mol. The molecule has 0 spiro atoms. The number of nitrogens with zero attached hydrogens (tertiary/aromatic N) is 1. The van der Waals surface area contributed by atoms with E-state index in [1.807, 2.05) is 59.5 Å². The number of amides is 1. The third kappa shape index (κ3) is 4.52. The molecular weight excluding hydrogens is 390 g/mol. The molecule has 0 aromatic heterocycles. The van der Waals surface area contributed by atoms with Crippen molar-refractivity contribution >= 4 is 34.6 Å². The molecule has 1 fully saturated rings. The number of hydrogen-bond acceptors (Lipinski definition) is 2. The summed E-state index contributed by atoms with van der Waals surface area (Å²) in [5.74, 6) is 0.177. The minimum atomic E-state index is -0.0595. The molecule has 1 atom stereocenters. The van der Waals surface area contributed by atoms with Crippen LogP contribution in [-0.2, 0) is 4.79 Å². The number of carbonyl (C=O) groups excluding carboxylic acids is 1. The van der Waals surface area contributed by atoms with E-state index in [9.17, 15) is 4.79 Å². The van der Waals surface area contributed by atoms with Crippen LogP contribution in [0, 0.1) is 6.92 Å². The van der Waals surface area contributed by atoms with E-state index in [0.29, 0.717) is 11.5 Å². The van der Waals surface area contributed by atoms with Gasteiger partial charge in [0.2, 0.25) is 5.91 Å². The van der Waals surface area contributed by atoms with E-state index >= 15 is 0 Å².